The smallest absolute Gasteiger partial charge is 0.207 e. The zero-order valence-electron chi connectivity index (χ0n) is 4.90. The van der Waals surface area contributed by atoms with Crippen molar-refractivity contribution in [3.63, 3.8) is 0 Å². The lowest BCUT2D eigenvalue weighted by molar-refractivity contribution is -0.109. The van der Waals surface area contributed by atoms with Gasteiger partial charge in [-0.3, -0.25) is 4.79 Å². The van der Waals surface area contributed by atoms with Crippen LogP contribution in [-0.4, -0.2) is 13.0 Å². The SMILES string of the molecule is CCC#CCNC=O. The molecule has 0 aromatic carbocycles. The Balaban J connectivity index is 3.02. The molecule has 1 amide bonds. The van der Waals surface area contributed by atoms with E-state index in [1.165, 1.54) is 0 Å². The molecule has 8 heavy (non-hydrogen) atoms. The Hall–Kier alpha value is -0.970. The maximum absolute atomic E-state index is 9.59. The number of hydrogen-bond acceptors (Lipinski definition) is 1. The molecule has 0 heterocycles. The Kier molecular flexibility index (Phi) is 5.30. The molecule has 0 aliphatic rings. The molecule has 0 bridgehead atoms. The van der Waals surface area contributed by atoms with Gasteiger partial charge in [0.1, 0.15) is 0 Å². The largest absolute Gasteiger partial charge is 0.348 e. The average molecular weight is 111 g/mol. The van der Waals surface area contributed by atoms with Crippen LogP contribution in [0.3, 0.4) is 0 Å². The summed E-state index contributed by atoms with van der Waals surface area (Å²) >= 11 is 0. The van der Waals surface area contributed by atoms with Crippen LogP contribution in [0.1, 0.15) is 13.3 Å². The van der Waals surface area contributed by atoms with E-state index in [-0.39, 0.29) is 0 Å². The summed E-state index contributed by atoms with van der Waals surface area (Å²) < 4.78 is 0. The van der Waals surface area contributed by atoms with Crippen molar-refractivity contribution in [1.29, 1.82) is 0 Å². The fraction of sp³-hybridized carbons (Fsp3) is 0.500. The fourth-order valence-electron chi connectivity index (χ4n) is 0.280. The lowest BCUT2D eigenvalue weighted by Crippen LogP contribution is -2.09. The lowest BCUT2D eigenvalue weighted by atomic mass is 10.5. The van der Waals surface area contributed by atoms with E-state index in [0.717, 1.165) is 6.42 Å². The molecule has 44 valence electrons. The molecule has 1 N–H and O–H groups in total. The second-order valence-electron chi connectivity index (χ2n) is 1.21. The Bertz CT molecular complexity index is 109. The van der Waals surface area contributed by atoms with Gasteiger partial charge in [0.2, 0.25) is 6.41 Å². The van der Waals surface area contributed by atoms with Gasteiger partial charge in [-0.15, -0.1) is 5.92 Å². The van der Waals surface area contributed by atoms with Crippen LogP contribution in [0, 0.1) is 11.8 Å². The molecule has 0 aromatic rings. The third kappa shape index (κ3) is 5.03. The highest BCUT2D eigenvalue weighted by Crippen LogP contribution is 1.63. The van der Waals surface area contributed by atoms with Gasteiger partial charge in [-0.05, 0) is 0 Å². The van der Waals surface area contributed by atoms with E-state index in [9.17, 15) is 4.79 Å². The first kappa shape index (κ1) is 7.03. The van der Waals surface area contributed by atoms with Crippen molar-refractivity contribution in [1.82, 2.24) is 5.32 Å². The lowest BCUT2D eigenvalue weighted by Gasteiger charge is -1.81. The molecule has 0 fully saturated rings. The molecule has 0 saturated carbocycles. The highest BCUT2D eigenvalue weighted by molar-refractivity contribution is 5.46. The molecule has 0 aromatic heterocycles. The fourth-order valence-corrected chi connectivity index (χ4v) is 0.280. The Morgan fingerprint density at radius 3 is 2.88 bits per heavy atom. The minimum atomic E-state index is 0.470. The van der Waals surface area contributed by atoms with Crippen molar-refractivity contribution in [2.75, 3.05) is 6.54 Å². The monoisotopic (exact) mass is 111 g/mol. The van der Waals surface area contributed by atoms with E-state index in [4.69, 9.17) is 0 Å². The normalized spacial score (nSPS) is 6.62. The number of hydrogen-bond donors (Lipinski definition) is 1. The second-order valence-corrected chi connectivity index (χ2v) is 1.21. The van der Waals surface area contributed by atoms with Crippen LogP contribution < -0.4 is 5.32 Å². The summed E-state index contributed by atoms with van der Waals surface area (Å²) in [6.45, 7) is 2.44. The van der Waals surface area contributed by atoms with Gasteiger partial charge in [0.15, 0.2) is 0 Å². The van der Waals surface area contributed by atoms with Gasteiger partial charge >= 0.3 is 0 Å². The van der Waals surface area contributed by atoms with Crippen LogP contribution >= 0.6 is 0 Å². The summed E-state index contributed by atoms with van der Waals surface area (Å²) in [5.74, 6) is 5.56. The quantitative estimate of drug-likeness (QED) is 0.306. The van der Waals surface area contributed by atoms with Gasteiger partial charge in [0.05, 0.1) is 6.54 Å². The van der Waals surface area contributed by atoms with E-state index in [1.807, 2.05) is 6.92 Å². The molecule has 0 spiro atoms. The minimum absolute atomic E-state index is 0.470. The number of carbonyl (C=O) groups excluding carboxylic acids is 1. The van der Waals surface area contributed by atoms with Crippen LogP contribution in [0.4, 0.5) is 0 Å². The summed E-state index contributed by atoms with van der Waals surface area (Å²) in [4.78, 5) is 9.59. The molecule has 0 rings (SSSR count). The maximum atomic E-state index is 9.59. The van der Waals surface area contributed by atoms with Crippen LogP contribution in [0.15, 0.2) is 0 Å². The first-order chi connectivity index (χ1) is 3.91. The molecule has 2 heteroatoms. The molecule has 0 aliphatic carbocycles. The summed E-state index contributed by atoms with van der Waals surface area (Å²) in [6.07, 6.45) is 1.49. The van der Waals surface area contributed by atoms with Gasteiger partial charge in [0, 0.05) is 6.42 Å². The van der Waals surface area contributed by atoms with E-state index in [1.54, 1.807) is 0 Å². The average Bonchev–Trinajstić information content (AvgIpc) is 1.81. The summed E-state index contributed by atoms with van der Waals surface area (Å²) in [5, 5.41) is 2.43. The summed E-state index contributed by atoms with van der Waals surface area (Å²) in [5.41, 5.74) is 0. The van der Waals surface area contributed by atoms with Gasteiger partial charge in [-0.25, -0.2) is 0 Å². The van der Waals surface area contributed by atoms with E-state index in [0.29, 0.717) is 13.0 Å². The zero-order chi connectivity index (χ0) is 6.24. The second kappa shape index (κ2) is 6.03. The first-order valence-electron chi connectivity index (χ1n) is 2.54. The number of amides is 1. The Morgan fingerprint density at radius 2 is 2.38 bits per heavy atom. The number of nitrogens with one attached hydrogen (secondary N) is 1. The molecule has 2 nitrogen and oxygen atoms in total. The highest BCUT2D eigenvalue weighted by Gasteiger charge is 1.67. The van der Waals surface area contributed by atoms with Crippen molar-refractivity contribution in [3.8, 4) is 11.8 Å². The van der Waals surface area contributed by atoms with Crippen molar-refractivity contribution >= 4 is 6.41 Å². The number of rotatable bonds is 2. The number of carbonyl (C=O) groups is 1. The van der Waals surface area contributed by atoms with Crippen LogP contribution in [0.25, 0.3) is 0 Å². The highest BCUT2D eigenvalue weighted by atomic mass is 16.1. The van der Waals surface area contributed by atoms with Gasteiger partial charge in [-0.1, -0.05) is 12.8 Å². The van der Waals surface area contributed by atoms with Gasteiger partial charge in [-0.2, -0.15) is 0 Å². The van der Waals surface area contributed by atoms with Crippen LogP contribution in [-0.2, 0) is 4.79 Å². The predicted molar refractivity (Wildman–Crippen MR) is 32.1 cm³/mol. The standard InChI is InChI=1S/C6H9NO/c1-2-3-4-5-7-6-8/h6H,2,5H2,1H3,(H,7,8). The third-order valence-corrected chi connectivity index (χ3v) is 0.576. The Morgan fingerprint density at radius 1 is 1.62 bits per heavy atom. The molecular weight excluding hydrogens is 102 g/mol. The van der Waals surface area contributed by atoms with Gasteiger partial charge in [0.25, 0.3) is 0 Å². The molecule has 0 aliphatic heterocycles. The molecule has 0 radical (unpaired) electrons. The van der Waals surface area contributed by atoms with Crippen molar-refractivity contribution in [2.24, 2.45) is 0 Å². The summed E-state index contributed by atoms with van der Waals surface area (Å²) in [7, 11) is 0. The van der Waals surface area contributed by atoms with Crippen molar-refractivity contribution in [3.05, 3.63) is 0 Å². The van der Waals surface area contributed by atoms with Crippen LogP contribution in [0.5, 0.6) is 0 Å². The molecule has 0 atom stereocenters. The van der Waals surface area contributed by atoms with Crippen molar-refractivity contribution in [2.45, 2.75) is 13.3 Å². The molecule has 0 saturated heterocycles. The van der Waals surface area contributed by atoms with E-state index in [2.05, 4.69) is 17.2 Å². The molecular formula is C6H9NO. The summed E-state index contributed by atoms with van der Waals surface area (Å²) in [6, 6.07) is 0. The van der Waals surface area contributed by atoms with E-state index >= 15 is 0 Å². The first-order valence-corrected chi connectivity index (χ1v) is 2.54. The minimum Gasteiger partial charge on any atom is -0.348 e. The van der Waals surface area contributed by atoms with E-state index < -0.39 is 0 Å². The zero-order valence-corrected chi connectivity index (χ0v) is 4.90. The van der Waals surface area contributed by atoms with Crippen molar-refractivity contribution < 1.29 is 4.79 Å². The predicted octanol–water partition coefficient (Wildman–Crippen LogP) is 0.146. The maximum Gasteiger partial charge on any atom is 0.207 e. The third-order valence-electron chi connectivity index (χ3n) is 0.576. The van der Waals surface area contributed by atoms with Gasteiger partial charge < -0.3 is 5.32 Å². The molecule has 0 unspecified atom stereocenters. The van der Waals surface area contributed by atoms with Crippen LogP contribution in [0.2, 0.25) is 0 Å². The topological polar surface area (TPSA) is 29.1 Å². The Labute approximate surface area is 49.3 Å².